The van der Waals surface area contributed by atoms with Crippen molar-refractivity contribution in [1.82, 2.24) is 0 Å². The van der Waals surface area contributed by atoms with E-state index in [0.717, 1.165) is 22.0 Å². The van der Waals surface area contributed by atoms with Gasteiger partial charge in [-0.25, -0.2) is 0 Å². The van der Waals surface area contributed by atoms with Gasteiger partial charge in [-0.15, -0.1) is 0 Å². The van der Waals surface area contributed by atoms with Gasteiger partial charge in [-0.05, 0) is 36.4 Å². The van der Waals surface area contributed by atoms with Gasteiger partial charge >= 0.3 is 0 Å². The summed E-state index contributed by atoms with van der Waals surface area (Å²) in [5.41, 5.74) is 2.25. The molecule has 0 saturated carbocycles. The number of quaternary nitrogens is 1. The first-order chi connectivity index (χ1) is 12.0. The van der Waals surface area contributed by atoms with Crippen LogP contribution in [-0.2, 0) is 11.3 Å². The summed E-state index contributed by atoms with van der Waals surface area (Å²) in [6, 6.07) is 14.5. The fourth-order valence-corrected chi connectivity index (χ4v) is 2.49. The van der Waals surface area contributed by atoms with Crippen molar-refractivity contribution in [2.24, 2.45) is 0 Å². The molecule has 6 nitrogen and oxygen atoms in total. The van der Waals surface area contributed by atoms with Gasteiger partial charge in [-0.1, -0.05) is 0 Å². The van der Waals surface area contributed by atoms with Crippen LogP contribution in [0.5, 0.6) is 11.5 Å². The Balaban J connectivity index is 1.94. The third-order valence-corrected chi connectivity index (χ3v) is 3.75. The molecule has 0 spiro atoms. The van der Waals surface area contributed by atoms with Crippen molar-refractivity contribution in [3.8, 4) is 17.6 Å². The number of nitriles is 1. The van der Waals surface area contributed by atoms with Crippen molar-refractivity contribution in [3.05, 3.63) is 53.6 Å². The highest BCUT2D eigenvalue weighted by atomic mass is 16.5. The maximum Gasteiger partial charge on any atom is 0.279 e. The number of hydrogen-bond acceptors (Lipinski definition) is 4. The summed E-state index contributed by atoms with van der Waals surface area (Å²) in [5.74, 6) is 1.39. The quantitative estimate of drug-likeness (QED) is 0.795. The van der Waals surface area contributed by atoms with Crippen LogP contribution in [0.25, 0.3) is 0 Å². The van der Waals surface area contributed by atoms with Gasteiger partial charge in [0.1, 0.15) is 18.0 Å². The molecule has 0 radical (unpaired) electrons. The number of anilines is 1. The Morgan fingerprint density at radius 3 is 2.48 bits per heavy atom. The van der Waals surface area contributed by atoms with E-state index >= 15 is 0 Å². The summed E-state index contributed by atoms with van der Waals surface area (Å²) < 4.78 is 10.6. The van der Waals surface area contributed by atoms with Gasteiger partial charge in [0, 0.05) is 17.3 Å². The van der Waals surface area contributed by atoms with E-state index in [1.54, 1.807) is 38.5 Å². The van der Waals surface area contributed by atoms with Gasteiger partial charge in [-0.3, -0.25) is 4.79 Å². The van der Waals surface area contributed by atoms with Crippen molar-refractivity contribution in [3.63, 3.8) is 0 Å². The number of carbonyl (C=O) groups excluding carboxylic acids is 1. The van der Waals surface area contributed by atoms with Crippen molar-refractivity contribution >= 4 is 11.6 Å². The zero-order chi connectivity index (χ0) is 18.2. The fourth-order valence-electron chi connectivity index (χ4n) is 2.49. The minimum absolute atomic E-state index is 0.0883. The van der Waals surface area contributed by atoms with Gasteiger partial charge in [0.05, 0.1) is 32.9 Å². The summed E-state index contributed by atoms with van der Waals surface area (Å²) in [6.07, 6.45) is 0. The summed E-state index contributed by atoms with van der Waals surface area (Å²) >= 11 is 0. The highest BCUT2D eigenvalue weighted by Gasteiger charge is 2.14. The Morgan fingerprint density at radius 1 is 1.16 bits per heavy atom. The molecule has 0 fully saturated rings. The van der Waals surface area contributed by atoms with Crippen molar-refractivity contribution in [2.45, 2.75) is 6.54 Å². The summed E-state index contributed by atoms with van der Waals surface area (Å²) in [5, 5.41) is 11.6. The van der Waals surface area contributed by atoms with Gasteiger partial charge in [-0.2, -0.15) is 5.26 Å². The number of nitrogens with zero attached hydrogens (tertiary/aromatic N) is 1. The van der Waals surface area contributed by atoms with Crippen LogP contribution in [0.2, 0.25) is 0 Å². The molecule has 2 aromatic carbocycles. The maximum absolute atomic E-state index is 12.2. The topological polar surface area (TPSA) is 75.8 Å². The number of likely N-dealkylation sites (N-methyl/N-ethyl adjacent to an activating group) is 1. The van der Waals surface area contributed by atoms with Crippen LogP contribution in [0.4, 0.5) is 5.69 Å². The number of hydrogen-bond donors (Lipinski definition) is 2. The number of benzene rings is 2. The van der Waals surface area contributed by atoms with Crippen LogP contribution in [0.3, 0.4) is 0 Å². The van der Waals surface area contributed by atoms with Crippen LogP contribution < -0.4 is 19.7 Å². The number of rotatable bonds is 7. The second-order valence-corrected chi connectivity index (χ2v) is 5.73. The number of carbonyl (C=O) groups is 1. The van der Waals surface area contributed by atoms with Gasteiger partial charge in [0.15, 0.2) is 6.54 Å². The van der Waals surface area contributed by atoms with Crippen LogP contribution in [-0.4, -0.2) is 33.7 Å². The number of methoxy groups -OCH3 is 2. The molecule has 0 bridgehead atoms. The SMILES string of the molecule is COc1ccc(C[NH+](C)CC(=O)Nc2ccc(C#N)cc2)c(OC)c1. The molecule has 0 aliphatic carbocycles. The Labute approximate surface area is 147 Å². The number of nitrogens with one attached hydrogen (secondary N) is 2. The normalized spacial score (nSPS) is 11.3. The summed E-state index contributed by atoms with van der Waals surface area (Å²) in [7, 11) is 5.17. The third kappa shape index (κ3) is 5.23. The molecular weight excluding hydrogens is 318 g/mol. The minimum Gasteiger partial charge on any atom is -0.497 e. The third-order valence-electron chi connectivity index (χ3n) is 3.75. The molecule has 25 heavy (non-hydrogen) atoms. The predicted octanol–water partition coefficient (Wildman–Crippen LogP) is 1.23. The van der Waals surface area contributed by atoms with Gasteiger partial charge in [0.2, 0.25) is 0 Å². The summed E-state index contributed by atoms with van der Waals surface area (Å²) in [4.78, 5) is 13.2. The van der Waals surface area contributed by atoms with Crippen LogP contribution in [0.1, 0.15) is 11.1 Å². The highest BCUT2D eigenvalue weighted by molar-refractivity contribution is 5.91. The average molecular weight is 340 g/mol. The zero-order valence-corrected chi connectivity index (χ0v) is 14.6. The first-order valence-electron chi connectivity index (χ1n) is 7.88. The largest absolute Gasteiger partial charge is 0.497 e. The molecule has 1 amide bonds. The molecule has 0 aliphatic heterocycles. The lowest BCUT2D eigenvalue weighted by molar-refractivity contribution is -0.885. The molecule has 2 N–H and O–H groups in total. The lowest BCUT2D eigenvalue weighted by atomic mass is 10.1. The first-order valence-corrected chi connectivity index (χ1v) is 7.88. The van der Waals surface area contributed by atoms with E-state index in [1.165, 1.54) is 0 Å². The monoisotopic (exact) mass is 340 g/mol. The van der Waals surface area contributed by atoms with E-state index < -0.39 is 0 Å². The zero-order valence-electron chi connectivity index (χ0n) is 14.6. The molecule has 0 aromatic heterocycles. The molecule has 0 saturated heterocycles. The molecule has 1 unspecified atom stereocenters. The lowest BCUT2D eigenvalue weighted by Gasteiger charge is -2.16. The van der Waals surface area contributed by atoms with Crippen molar-refractivity contribution < 1.29 is 19.2 Å². The van der Waals surface area contributed by atoms with Crippen LogP contribution in [0.15, 0.2) is 42.5 Å². The Morgan fingerprint density at radius 2 is 1.88 bits per heavy atom. The highest BCUT2D eigenvalue weighted by Crippen LogP contribution is 2.23. The molecule has 1 atom stereocenters. The smallest absolute Gasteiger partial charge is 0.279 e. The van der Waals surface area contributed by atoms with E-state index in [-0.39, 0.29) is 5.91 Å². The van der Waals surface area contributed by atoms with E-state index in [2.05, 4.69) is 5.32 Å². The Bertz CT molecular complexity index is 766. The standard InChI is InChI=1S/C19H21N3O3/c1-22(12-15-6-9-17(24-2)10-18(15)25-3)13-19(23)21-16-7-4-14(11-20)5-8-16/h4-10H,12-13H2,1-3H3,(H,21,23)/p+1. The molecule has 130 valence electrons. The second kappa shape index (κ2) is 8.71. The van der Waals surface area contributed by atoms with E-state index in [4.69, 9.17) is 14.7 Å². The average Bonchev–Trinajstić information content (AvgIpc) is 2.62. The molecule has 6 heteroatoms. The Kier molecular flexibility index (Phi) is 6.38. The molecule has 2 aromatic rings. The maximum atomic E-state index is 12.2. The summed E-state index contributed by atoms with van der Waals surface area (Å²) in [6.45, 7) is 0.961. The number of amides is 1. The molecule has 2 rings (SSSR count). The second-order valence-electron chi connectivity index (χ2n) is 5.73. The molecule has 0 heterocycles. The van der Waals surface area contributed by atoms with Crippen molar-refractivity contribution in [1.29, 1.82) is 5.26 Å². The van der Waals surface area contributed by atoms with E-state index in [1.807, 2.05) is 31.3 Å². The van der Waals surface area contributed by atoms with E-state index in [0.29, 0.717) is 24.3 Å². The van der Waals surface area contributed by atoms with Crippen molar-refractivity contribution in [2.75, 3.05) is 33.1 Å². The lowest BCUT2D eigenvalue weighted by Crippen LogP contribution is -3.08. The van der Waals surface area contributed by atoms with E-state index in [9.17, 15) is 4.79 Å². The Hall–Kier alpha value is -3.04. The van der Waals surface area contributed by atoms with Crippen LogP contribution in [0, 0.1) is 11.3 Å². The minimum atomic E-state index is -0.0883. The number of ether oxygens (including phenoxy) is 2. The van der Waals surface area contributed by atoms with Gasteiger partial charge < -0.3 is 19.7 Å². The van der Waals surface area contributed by atoms with Crippen LogP contribution >= 0.6 is 0 Å². The first kappa shape index (κ1) is 18.3. The van der Waals surface area contributed by atoms with Gasteiger partial charge in [0.25, 0.3) is 5.91 Å². The predicted molar refractivity (Wildman–Crippen MR) is 94.8 cm³/mol. The molecule has 0 aliphatic rings. The fraction of sp³-hybridized carbons (Fsp3) is 0.263. The molecular formula is C19H22N3O3+.